The minimum absolute atomic E-state index is 0.150. The molecule has 4 rings (SSSR count). The maximum atomic E-state index is 13.4. The van der Waals surface area contributed by atoms with Crippen molar-refractivity contribution >= 4 is 17.7 Å². The van der Waals surface area contributed by atoms with Crippen molar-refractivity contribution in [2.24, 2.45) is 0 Å². The van der Waals surface area contributed by atoms with E-state index in [4.69, 9.17) is 4.74 Å². The molecule has 1 aliphatic carbocycles. The number of hydrogen-bond donors (Lipinski definition) is 1. The molecule has 9 nitrogen and oxygen atoms in total. The second-order valence-corrected chi connectivity index (χ2v) is 9.57. The Labute approximate surface area is 193 Å². The Balaban J connectivity index is 1.55. The van der Waals surface area contributed by atoms with Crippen LogP contribution in [0.25, 0.3) is 0 Å². The number of methoxy groups -OCH3 is 1. The van der Waals surface area contributed by atoms with E-state index in [1.165, 1.54) is 13.3 Å². The molecule has 0 aromatic carbocycles. The zero-order chi connectivity index (χ0) is 23.9. The molecule has 176 valence electrons. The first-order valence-corrected chi connectivity index (χ1v) is 11.4. The Hall–Kier alpha value is -3.23. The van der Waals surface area contributed by atoms with Gasteiger partial charge in [0.15, 0.2) is 0 Å². The molecular weight excluding hydrogens is 422 g/mol. The average Bonchev–Trinajstić information content (AvgIpc) is 2.72. The molecule has 2 aromatic rings. The number of amides is 1. The predicted molar refractivity (Wildman–Crippen MR) is 124 cm³/mol. The van der Waals surface area contributed by atoms with E-state index >= 15 is 0 Å². The van der Waals surface area contributed by atoms with E-state index in [1.54, 1.807) is 6.92 Å². The Morgan fingerprint density at radius 3 is 2.48 bits per heavy atom. The van der Waals surface area contributed by atoms with Crippen LogP contribution in [0, 0.1) is 13.8 Å². The van der Waals surface area contributed by atoms with Crippen molar-refractivity contribution in [1.29, 1.82) is 0 Å². The topological polar surface area (TPSA) is 108 Å². The first-order valence-electron chi connectivity index (χ1n) is 11.4. The van der Waals surface area contributed by atoms with E-state index < -0.39 is 11.5 Å². The van der Waals surface area contributed by atoms with Gasteiger partial charge in [-0.05, 0) is 52.2 Å². The largest absolute Gasteiger partial charge is 0.465 e. The maximum absolute atomic E-state index is 13.4. The number of ether oxygens (including phenoxy) is 1. The molecule has 9 heteroatoms. The minimum atomic E-state index is -0.492. The summed E-state index contributed by atoms with van der Waals surface area (Å²) in [5.74, 6) is 0.344. The Morgan fingerprint density at radius 2 is 1.91 bits per heavy atom. The van der Waals surface area contributed by atoms with Crippen LogP contribution >= 0.6 is 0 Å². The second kappa shape index (κ2) is 8.61. The van der Waals surface area contributed by atoms with E-state index in [9.17, 15) is 14.4 Å². The summed E-state index contributed by atoms with van der Waals surface area (Å²) in [4.78, 5) is 53.4. The summed E-state index contributed by atoms with van der Waals surface area (Å²) in [6.07, 6.45) is 4.40. The molecule has 2 aromatic heterocycles. The number of aromatic nitrogens is 3. The van der Waals surface area contributed by atoms with Crippen LogP contribution in [0.3, 0.4) is 0 Å². The van der Waals surface area contributed by atoms with Crippen molar-refractivity contribution in [2.75, 3.05) is 31.6 Å². The first kappa shape index (κ1) is 22.9. The number of hydrogen-bond acceptors (Lipinski definition) is 7. The molecule has 1 N–H and O–H groups in total. The highest BCUT2D eigenvalue weighted by Gasteiger charge is 2.39. The molecule has 2 fully saturated rings. The van der Waals surface area contributed by atoms with Gasteiger partial charge in [0.25, 0.3) is 11.5 Å². The zero-order valence-electron chi connectivity index (χ0n) is 19.9. The number of nitrogens with zero attached hydrogens (tertiary/aromatic N) is 4. The van der Waals surface area contributed by atoms with E-state index in [0.717, 1.165) is 30.6 Å². The highest BCUT2D eigenvalue weighted by atomic mass is 16.5. The van der Waals surface area contributed by atoms with Gasteiger partial charge in [0.05, 0.1) is 23.9 Å². The van der Waals surface area contributed by atoms with Crippen molar-refractivity contribution in [3.63, 3.8) is 0 Å². The number of aromatic amines is 1. The number of rotatable bonds is 4. The molecule has 1 amide bonds. The summed E-state index contributed by atoms with van der Waals surface area (Å²) in [6.45, 7) is 9.35. The molecule has 0 spiro atoms. The van der Waals surface area contributed by atoms with Crippen LogP contribution in [0.5, 0.6) is 0 Å². The number of H-pyrrole nitrogens is 1. The van der Waals surface area contributed by atoms with Crippen LogP contribution in [0.1, 0.15) is 76.8 Å². The van der Waals surface area contributed by atoms with Gasteiger partial charge >= 0.3 is 5.97 Å². The zero-order valence-corrected chi connectivity index (χ0v) is 19.9. The molecule has 0 unspecified atom stereocenters. The van der Waals surface area contributed by atoms with Gasteiger partial charge in [-0.2, -0.15) is 0 Å². The molecule has 2 aliphatic rings. The third-order valence-electron chi connectivity index (χ3n) is 6.77. The van der Waals surface area contributed by atoms with Crippen molar-refractivity contribution in [2.45, 2.75) is 58.4 Å². The monoisotopic (exact) mass is 453 g/mol. The van der Waals surface area contributed by atoms with Crippen molar-refractivity contribution in [3.8, 4) is 0 Å². The SMILES string of the molecule is COC(=O)c1c(C)cc(N2CCN(C(=O)c3c[nH]c(=O)c(C4CCC4)n3)C(C)(C)C2)nc1C. The van der Waals surface area contributed by atoms with Gasteiger partial charge in [-0.1, -0.05) is 6.42 Å². The molecule has 0 atom stereocenters. The van der Waals surface area contributed by atoms with Crippen LogP contribution in [0.4, 0.5) is 5.82 Å². The number of nitrogens with one attached hydrogen (secondary N) is 1. The number of carbonyl (C=O) groups is 2. The lowest BCUT2D eigenvalue weighted by Gasteiger charge is -2.47. The highest BCUT2D eigenvalue weighted by molar-refractivity contribution is 5.93. The van der Waals surface area contributed by atoms with Crippen molar-refractivity contribution in [3.05, 3.63) is 50.8 Å². The lowest BCUT2D eigenvalue weighted by Crippen LogP contribution is -2.61. The first-order chi connectivity index (χ1) is 15.6. The van der Waals surface area contributed by atoms with Crippen LogP contribution in [-0.4, -0.2) is 64.0 Å². The smallest absolute Gasteiger partial charge is 0.339 e. The number of aryl methyl sites for hydroxylation is 2. The standard InChI is InChI=1S/C24H31N5O4/c1-14-11-18(26-15(2)19(14)23(32)33-5)28-9-10-29(24(3,4)13-28)22(31)17-12-25-21(30)20(27-17)16-7-6-8-16/h11-12,16H,6-10,13H2,1-5H3,(H,25,30). The lowest BCUT2D eigenvalue weighted by atomic mass is 9.83. The lowest BCUT2D eigenvalue weighted by molar-refractivity contribution is 0.0505. The molecular formula is C24H31N5O4. The van der Waals surface area contributed by atoms with E-state index in [2.05, 4.69) is 19.9 Å². The number of carbonyl (C=O) groups excluding carboxylic acids is 2. The van der Waals surface area contributed by atoms with Gasteiger partial charge in [0.2, 0.25) is 0 Å². The Bertz CT molecular complexity index is 1130. The third kappa shape index (κ3) is 4.24. The minimum Gasteiger partial charge on any atom is -0.465 e. The summed E-state index contributed by atoms with van der Waals surface area (Å²) >= 11 is 0. The Kier molecular flexibility index (Phi) is 5.99. The summed E-state index contributed by atoms with van der Waals surface area (Å²) < 4.78 is 4.88. The fourth-order valence-electron chi connectivity index (χ4n) is 4.74. The Morgan fingerprint density at radius 1 is 1.18 bits per heavy atom. The molecule has 1 saturated heterocycles. The third-order valence-corrected chi connectivity index (χ3v) is 6.77. The van der Waals surface area contributed by atoms with Gasteiger partial charge in [0.1, 0.15) is 17.2 Å². The highest BCUT2D eigenvalue weighted by Crippen LogP contribution is 2.34. The number of anilines is 1. The summed E-state index contributed by atoms with van der Waals surface area (Å²) in [5, 5.41) is 0. The van der Waals surface area contributed by atoms with Gasteiger partial charge in [0, 0.05) is 31.7 Å². The van der Waals surface area contributed by atoms with E-state index in [0.29, 0.717) is 36.6 Å². The number of piperazine rings is 1. The van der Waals surface area contributed by atoms with Gasteiger partial charge in [-0.15, -0.1) is 0 Å². The van der Waals surface area contributed by atoms with Gasteiger partial charge in [-0.3, -0.25) is 9.59 Å². The van der Waals surface area contributed by atoms with Crippen LogP contribution < -0.4 is 10.5 Å². The number of esters is 1. The number of pyridine rings is 1. The molecule has 1 saturated carbocycles. The predicted octanol–water partition coefficient (Wildman–Crippen LogP) is 2.58. The van der Waals surface area contributed by atoms with Gasteiger partial charge < -0.3 is 19.5 Å². The van der Waals surface area contributed by atoms with Crippen molar-refractivity contribution in [1.82, 2.24) is 19.9 Å². The summed E-state index contributed by atoms with van der Waals surface area (Å²) in [7, 11) is 1.36. The fraction of sp³-hybridized carbons (Fsp3) is 0.542. The molecule has 1 aliphatic heterocycles. The average molecular weight is 454 g/mol. The maximum Gasteiger partial charge on any atom is 0.339 e. The van der Waals surface area contributed by atoms with Crippen LogP contribution in [0.15, 0.2) is 17.1 Å². The quantitative estimate of drug-likeness (QED) is 0.709. The van der Waals surface area contributed by atoms with Crippen molar-refractivity contribution < 1.29 is 14.3 Å². The fourth-order valence-corrected chi connectivity index (χ4v) is 4.74. The second-order valence-electron chi connectivity index (χ2n) is 9.57. The molecule has 0 radical (unpaired) electrons. The van der Waals surface area contributed by atoms with Crippen LogP contribution in [-0.2, 0) is 4.74 Å². The summed E-state index contributed by atoms with van der Waals surface area (Å²) in [5.41, 5.74) is 1.98. The van der Waals surface area contributed by atoms with E-state index in [1.807, 2.05) is 31.7 Å². The van der Waals surface area contributed by atoms with Crippen LogP contribution in [0.2, 0.25) is 0 Å². The van der Waals surface area contributed by atoms with Gasteiger partial charge in [-0.25, -0.2) is 14.8 Å². The molecule has 3 heterocycles. The van der Waals surface area contributed by atoms with E-state index in [-0.39, 0.29) is 23.1 Å². The normalized spacial score (nSPS) is 18.1. The summed E-state index contributed by atoms with van der Waals surface area (Å²) in [6, 6.07) is 1.89. The molecule has 0 bridgehead atoms. The molecule has 33 heavy (non-hydrogen) atoms.